The lowest BCUT2D eigenvalue weighted by Gasteiger charge is -2.27. The largest absolute Gasteiger partial charge is 0.477 e. The molecule has 2 rings (SSSR count). The van der Waals surface area contributed by atoms with Crippen molar-refractivity contribution >= 4 is 0 Å². The van der Waals surface area contributed by atoms with E-state index in [-0.39, 0.29) is 6.67 Å². The number of hydrogen-bond acceptors (Lipinski definition) is 3. The van der Waals surface area contributed by atoms with Crippen molar-refractivity contribution in [2.75, 3.05) is 13.3 Å². The maximum atomic E-state index is 12.2. The summed E-state index contributed by atoms with van der Waals surface area (Å²) >= 11 is 0. The van der Waals surface area contributed by atoms with Crippen molar-refractivity contribution in [1.82, 2.24) is 10.2 Å². The third-order valence-corrected chi connectivity index (χ3v) is 4.42. The van der Waals surface area contributed by atoms with E-state index in [1.807, 2.05) is 6.07 Å². The second-order valence-electron chi connectivity index (χ2n) is 6.05. The first kappa shape index (κ1) is 16.2. The Morgan fingerprint density at radius 1 is 1.14 bits per heavy atom. The molecular weight excluding hydrogens is 267 g/mol. The molecule has 21 heavy (non-hydrogen) atoms. The predicted molar refractivity (Wildman–Crippen MR) is 82.3 cm³/mol. The summed E-state index contributed by atoms with van der Waals surface area (Å²) in [5.41, 5.74) is 1.08. The van der Waals surface area contributed by atoms with Gasteiger partial charge in [0.1, 0.15) is 0 Å². The van der Waals surface area contributed by atoms with Crippen LogP contribution in [-0.2, 0) is 0 Å². The number of unbranched alkanes of at least 4 members (excludes halogenated alkanes) is 1. The Balaban J connectivity index is 1.78. The van der Waals surface area contributed by atoms with Crippen molar-refractivity contribution < 1.29 is 9.13 Å². The number of ether oxygens (including phenoxy) is 1. The molecule has 0 N–H and O–H groups in total. The number of hydrogen-bond donors (Lipinski definition) is 0. The van der Waals surface area contributed by atoms with E-state index in [9.17, 15) is 4.39 Å². The van der Waals surface area contributed by atoms with Crippen LogP contribution in [0.2, 0.25) is 0 Å². The van der Waals surface area contributed by atoms with E-state index in [4.69, 9.17) is 4.74 Å². The van der Waals surface area contributed by atoms with Crippen molar-refractivity contribution in [3.63, 3.8) is 0 Å². The fourth-order valence-corrected chi connectivity index (χ4v) is 3.06. The number of halogens is 1. The molecule has 0 saturated heterocycles. The number of rotatable bonds is 8. The van der Waals surface area contributed by atoms with Gasteiger partial charge in [0.2, 0.25) is 5.88 Å². The van der Waals surface area contributed by atoms with Gasteiger partial charge in [-0.2, -0.15) is 5.10 Å². The molecule has 1 aliphatic rings. The molecule has 0 aliphatic heterocycles. The van der Waals surface area contributed by atoms with Crippen LogP contribution in [0.25, 0.3) is 0 Å². The Labute approximate surface area is 127 Å². The van der Waals surface area contributed by atoms with Crippen molar-refractivity contribution in [3.05, 3.63) is 17.8 Å². The Bertz CT molecular complexity index is 388. The SMILES string of the molecule is CCCCOc1ccc(C2CCC(CCCF)CC2)nn1. The summed E-state index contributed by atoms with van der Waals surface area (Å²) in [6.45, 7) is 2.68. The van der Waals surface area contributed by atoms with Crippen LogP contribution >= 0.6 is 0 Å². The molecule has 0 spiro atoms. The molecule has 3 nitrogen and oxygen atoms in total. The Hall–Kier alpha value is -1.19. The standard InChI is InChI=1S/C17H27FN2O/c1-2-3-13-21-17-11-10-16(19-20-17)15-8-6-14(7-9-15)5-4-12-18/h10-11,14-15H,2-9,12-13H2,1H3. The zero-order valence-corrected chi connectivity index (χ0v) is 13.1. The first-order valence-corrected chi connectivity index (χ1v) is 8.35. The highest BCUT2D eigenvalue weighted by molar-refractivity contribution is 5.15. The van der Waals surface area contributed by atoms with E-state index in [2.05, 4.69) is 23.2 Å². The van der Waals surface area contributed by atoms with Crippen LogP contribution in [0.4, 0.5) is 4.39 Å². The Kier molecular flexibility index (Phi) is 6.90. The predicted octanol–water partition coefficient (Wildman–Crippen LogP) is 4.68. The van der Waals surface area contributed by atoms with Gasteiger partial charge in [-0.25, -0.2) is 0 Å². The Morgan fingerprint density at radius 2 is 1.95 bits per heavy atom. The lowest BCUT2D eigenvalue weighted by atomic mass is 9.79. The summed E-state index contributed by atoms with van der Waals surface area (Å²) < 4.78 is 17.7. The topological polar surface area (TPSA) is 35.0 Å². The van der Waals surface area contributed by atoms with Gasteiger partial charge in [0.15, 0.2) is 0 Å². The Morgan fingerprint density at radius 3 is 2.57 bits per heavy atom. The van der Waals surface area contributed by atoms with Gasteiger partial charge in [0.25, 0.3) is 0 Å². The van der Waals surface area contributed by atoms with Gasteiger partial charge >= 0.3 is 0 Å². The number of aromatic nitrogens is 2. The molecule has 0 amide bonds. The van der Waals surface area contributed by atoms with Crippen molar-refractivity contribution in [2.45, 2.75) is 64.2 Å². The number of nitrogens with zero attached hydrogens (tertiary/aromatic N) is 2. The summed E-state index contributed by atoms with van der Waals surface area (Å²) in [7, 11) is 0. The zero-order valence-electron chi connectivity index (χ0n) is 13.1. The maximum absolute atomic E-state index is 12.2. The lowest BCUT2D eigenvalue weighted by molar-refractivity contribution is 0.284. The molecule has 0 radical (unpaired) electrons. The van der Waals surface area contributed by atoms with Gasteiger partial charge in [-0.15, -0.1) is 5.10 Å². The smallest absolute Gasteiger partial charge is 0.233 e. The first-order chi connectivity index (χ1) is 10.3. The fraction of sp³-hybridized carbons (Fsp3) is 0.765. The van der Waals surface area contributed by atoms with Crippen LogP contribution in [-0.4, -0.2) is 23.5 Å². The molecule has 4 heteroatoms. The van der Waals surface area contributed by atoms with E-state index >= 15 is 0 Å². The summed E-state index contributed by atoms with van der Waals surface area (Å²) in [6, 6.07) is 3.99. The zero-order chi connectivity index (χ0) is 14.9. The van der Waals surface area contributed by atoms with E-state index < -0.39 is 0 Å². The van der Waals surface area contributed by atoms with Gasteiger partial charge in [0.05, 0.1) is 19.0 Å². The lowest BCUT2D eigenvalue weighted by Crippen LogP contribution is -2.15. The summed E-state index contributed by atoms with van der Waals surface area (Å²) in [6.07, 6.45) is 8.63. The molecule has 1 heterocycles. The van der Waals surface area contributed by atoms with E-state index in [1.165, 1.54) is 12.8 Å². The van der Waals surface area contributed by atoms with Crippen LogP contribution in [0.15, 0.2) is 12.1 Å². The molecule has 0 bridgehead atoms. The fourth-order valence-electron chi connectivity index (χ4n) is 3.06. The van der Waals surface area contributed by atoms with Gasteiger partial charge in [-0.3, -0.25) is 4.39 Å². The average Bonchev–Trinajstić information content (AvgIpc) is 2.54. The van der Waals surface area contributed by atoms with Crippen molar-refractivity contribution in [3.8, 4) is 5.88 Å². The molecule has 1 aromatic rings. The molecule has 1 fully saturated rings. The van der Waals surface area contributed by atoms with Crippen molar-refractivity contribution in [2.24, 2.45) is 5.92 Å². The summed E-state index contributed by atoms with van der Waals surface area (Å²) in [5, 5.41) is 8.51. The van der Waals surface area contributed by atoms with E-state index in [1.54, 1.807) is 0 Å². The van der Waals surface area contributed by atoms with Gasteiger partial charge in [-0.05, 0) is 56.9 Å². The minimum Gasteiger partial charge on any atom is -0.477 e. The summed E-state index contributed by atoms with van der Waals surface area (Å²) in [4.78, 5) is 0. The third-order valence-electron chi connectivity index (χ3n) is 4.42. The average molecular weight is 294 g/mol. The number of alkyl halides is 1. The van der Waals surface area contributed by atoms with E-state index in [0.717, 1.165) is 44.2 Å². The molecule has 118 valence electrons. The van der Waals surface area contributed by atoms with Crippen LogP contribution in [0.5, 0.6) is 5.88 Å². The molecule has 0 aromatic carbocycles. The van der Waals surface area contributed by atoms with Crippen LogP contribution in [0.3, 0.4) is 0 Å². The van der Waals surface area contributed by atoms with E-state index in [0.29, 0.717) is 24.3 Å². The monoisotopic (exact) mass is 294 g/mol. The van der Waals surface area contributed by atoms with Gasteiger partial charge in [-0.1, -0.05) is 13.3 Å². The quantitative estimate of drug-likeness (QED) is 0.653. The van der Waals surface area contributed by atoms with Crippen LogP contribution < -0.4 is 4.74 Å². The summed E-state index contributed by atoms with van der Waals surface area (Å²) in [5.74, 6) is 1.86. The molecule has 1 aliphatic carbocycles. The second-order valence-corrected chi connectivity index (χ2v) is 6.05. The molecule has 0 atom stereocenters. The molecule has 0 unspecified atom stereocenters. The molecule has 1 aromatic heterocycles. The molecule has 1 saturated carbocycles. The van der Waals surface area contributed by atoms with Gasteiger partial charge in [0, 0.05) is 12.0 Å². The second kappa shape index (κ2) is 8.96. The minimum absolute atomic E-state index is 0.176. The third kappa shape index (κ3) is 5.25. The highest BCUT2D eigenvalue weighted by atomic mass is 19.1. The highest BCUT2D eigenvalue weighted by Crippen LogP contribution is 2.36. The maximum Gasteiger partial charge on any atom is 0.233 e. The first-order valence-electron chi connectivity index (χ1n) is 8.35. The van der Waals surface area contributed by atoms with Crippen LogP contribution in [0, 0.1) is 5.92 Å². The van der Waals surface area contributed by atoms with Crippen molar-refractivity contribution in [1.29, 1.82) is 0 Å². The van der Waals surface area contributed by atoms with Crippen LogP contribution in [0.1, 0.15) is 69.9 Å². The molecular formula is C17H27FN2O. The minimum atomic E-state index is -0.176. The highest BCUT2D eigenvalue weighted by Gasteiger charge is 2.23. The normalized spacial score (nSPS) is 22.2. The van der Waals surface area contributed by atoms with Gasteiger partial charge < -0.3 is 4.74 Å².